The zero-order chi connectivity index (χ0) is 11.7. The van der Waals surface area contributed by atoms with Crippen LogP contribution in [-0.2, 0) is 10.3 Å². The summed E-state index contributed by atoms with van der Waals surface area (Å²) in [5, 5.41) is 0. The predicted octanol–water partition coefficient (Wildman–Crippen LogP) is 2.58. The van der Waals surface area contributed by atoms with Crippen molar-refractivity contribution in [3.8, 4) is 0 Å². The van der Waals surface area contributed by atoms with Gasteiger partial charge in [-0.2, -0.15) is 8.42 Å². The molecule has 1 unspecified atom stereocenters. The molecule has 1 saturated carbocycles. The van der Waals surface area contributed by atoms with E-state index < -0.39 is 20.8 Å². The number of hydrogen-bond donors (Lipinski definition) is 1. The molecule has 0 aliphatic heterocycles. The summed E-state index contributed by atoms with van der Waals surface area (Å²) in [6.45, 7) is 1.48. The molecule has 0 radical (unpaired) electrons. The maximum Gasteiger partial charge on any atom is 0.338 e. The zero-order valence-corrected chi connectivity index (χ0v) is 10.8. The van der Waals surface area contributed by atoms with Gasteiger partial charge in [0.25, 0.3) is 0 Å². The Labute approximate surface area is 100 Å². The number of alkyl halides is 2. The molecule has 0 heterocycles. The van der Waals surface area contributed by atoms with E-state index in [4.69, 9.17) is 27.8 Å². The van der Waals surface area contributed by atoms with Gasteiger partial charge in [0.2, 0.25) is 0 Å². The van der Waals surface area contributed by atoms with Crippen LogP contribution in [0.3, 0.4) is 0 Å². The van der Waals surface area contributed by atoms with Crippen LogP contribution in [-0.4, -0.2) is 27.8 Å². The highest BCUT2D eigenvalue weighted by Gasteiger charge is 2.44. The molecule has 0 spiro atoms. The highest BCUT2D eigenvalue weighted by atomic mass is 35.5. The van der Waals surface area contributed by atoms with E-state index in [1.165, 1.54) is 6.92 Å². The van der Waals surface area contributed by atoms with Gasteiger partial charge < -0.3 is 0 Å². The molecule has 1 N–H and O–H groups in total. The van der Waals surface area contributed by atoms with Gasteiger partial charge in [-0.25, -0.2) is 0 Å². The fourth-order valence-electron chi connectivity index (χ4n) is 2.02. The summed E-state index contributed by atoms with van der Waals surface area (Å²) < 4.78 is 32.3. The Bertz CT molecular complexity index is 312. The minimum absolute atomic E-state index is 0.519. The lowest BCUT2D eigenvalue weighted by Crippen LogP contribution is -2.51. The largest absolute Gasteiger partial charge is 0.338 e. The Morgan fingerprint density at radius 3 is 2.13 bits per heavy atom. The van der Waals surface area contributed by atoms with E-state index in [-0.39, 0.29) is 0 Å². The molecule has 15 heavy (non-hydrogen) atoms. The third-order valence-electron chi connectivity index (χ3n) is 2.59. The molecule has 1 atom stereocenters. The summed E-state index contributed by atoms with van der Waals surface area (Å²) >= 11 is 12.0. The van der Waals surface area contributed by atoms with Gasteiger partial charge in [0.05, 0.1) is 0 Å². The second-order valence-electron chi connectivity index (χ2n) is 3.83. The van der Waals surface area contributed by atoms with Gasteiger partial charge in [0.1, 0.15) is 10.5 Å². The van der Waals surface area contributed by atoms with Crippen molar-refractivity contribution < 1.29 is 13.0 Å². The van der Waals surface area contributed by atoms with Crippen LogP contribution in [0.25, 0.3) is 0 Å². The van der Waals surface area contributed by atoms with Crippen molar-refractivity contribution >= 4 is 33.5 Å². The Morgan fingerprint density at radius 2 is 1.80 bits per heavy atom. The fraction of sp³-hybridized carbons (Fsp3) is 1.00. The molecule has 1 aliphatic rings. The van der Waals surface area contributed by atoms with Crippen molar-refractivity contribution in [3.05, 3.63) is 0 Å². The Kier molecular flexibility index (Phi) is 4.28. The van der Waals surface area contributed by atoms with Gasteiger partial charge in [0, 0.05) is 0 Å². The maximum absolute atomic E-state index is 11.2. The number of hydrogen-bond acceptors (Lipinski definition) is 2. The van der Waals surface area contributed by atoms with E-state index >= 15 is 0 Å². The maximum atomic E-state index is 11.2. The van der Waals surface area contributed by atoms with Crippen LogP contribution in [0.4, 0.5) is 0 Å². The lowest BCUT2D eigenvalue weighted by Gasteiger charge is -2.40. The minimum atomic E-state index is -4.35. The number of rotatable bonds is 3. The van der Waals surface area contributed by atoms with Crippen molar-refractivity contribution in [1.29, 1.82) is 0 Å². The van der Waals surface area contributed by atoms with Crippen LogP contribution in [0, 0.1) is 0 Å². The summed E-state index contributed by atoms with van der Waals surface area (Å²) in [6.07, 6.45) is 3.76. The Hall–Kier alpha value is 0.450. The summed E-state index contributed by atoms with van der Waals surface area (Å²) in [4.78, 5) is -1.06. The first-order valence-electron chi connectivity index (χ1n) is 4.87. The number of nitrogens with zero attached hydrogens (tertiary/aromatic N) is 1. The van der Waals surface area contributed by atoms with E-state index in [1.807, 2.05) is 0 Å². The van der Waals surface area contributed by atoms with Gasteiger partial charge >= 0.3 is 10.3 Å². The molecular formula is C8H15Cl2NO3S. The highest BCUT2D eigenvalue weighted by molar-refractivity contribution is 7.83. The predicted molar refractivity (Wildman–Crippen MR) is 60.4 cm³/mol. The van der Waals surface area contributed by atoms with Crippen LogP contribution < -0.4 is 0 Å². The molecule has 4 nitrogen and oxygen atoms in total. The average Bonchev–Trinajstić information content (AvgIpc) is 2.00. The summed E-state index contributed by atoms with van der Waals surface area (Å²) in [6, 6.07) is 0. The molecule has 7 heteroatoms. The van der Waals surface area contributed by atoms with Crippen LogP contribution in [0.1, 0.15) is 39.0 Å². The quantitative estimate of drug-likeness (QED) is 0.489. The van der Waals surface area contributed by atoms with E-state index in [0.29, 0.717) is 12.8 Å². The van der Waals surface area contributed by atoms with E-state index in [0.717, 1.165) is 23.6 Å². The normalized spacial score (nSPS) is 24.1. The molecular weight excluding hydrogens is 261 g/mol. The van der Waals surface area contributed by atoms with Crippen molar-refractivity contribution in [2.45, 2.75) is 49.5 Å². The lowest BCUT2D eigenvalue weighted by molar-refractivity contribution is 0.189. The average molecular weight is 276 g/mol. The molecule has 0 saturated heterocycles. The van der Waals surface area contributed by atoms with E-state index in [9.17, 15) is 8.42 Å². The fourth-order valence-corrected chi connectivity index (χ4v) is 4.20. The first-order chi connectivity index (χ1) is 6.77. The highest BCUT2D eigenvalue weighted by Crippen LogP contribution is 2.40. The van der Waals surface area contributed by atoms with Gasteiger partial charge in [-0.1, -0.05) is 19.3 Å². The molecule has 1 aliphatic carbocycles. The van der Waals surface area contributed by atoms with E-state index in [1.54, 1.807) is 0 Å². The van der Waals surface area contributed by atoms with Crippen molar-refractivity contribution in [1.82, 2.24) is 4.31 Å². The van der Waals surface area contributed by atoms with Gasteiger partial charge in [0.15, 0.2) is 0 Å². The molecule has 0 amide bonds. The molecule has 0 bridgehead atoms. The first kappa shape index (κ1) is 13.5. The molecule has 1 fully saturated rings. The second kappa shape index (κ2) is 4.75. The zero-order valence-electron chi connectivity index (χ0n) is 8.49. The third kappa shape index (κ3) is 3.20. The van der Waals surface area contributed by atoms with Crippen LogP contribution in [0.15, 0.2) is 0 Å². The SMILES string of the molecule is CC(Cl)N(C1(Cl)CCCCC1)S(=O)(=O)O. The topological polar surface area (TPSA) is 57.6 Å². The van der Waals surface area contributed by atoms with Gasteiger partial charge in [-0.3, -0.25) is 4.55 Å². The smallest absolute Gasteiger partial charge is 0.273 e. The standard InChI is InChI=1S/C8H15Cl2NO3S/c1-7(9)11(15(12,13)14)8(10)5-3-2-4-6-8/h7H,2-6H2,1H3,(H,12,13,14). The second-order valence-corrected chi connectivity index (χ2v) is 6.45. The molecule has 1 rings (SSSR count). The molecule has 0 aromatic rings. The first-order valence-corrected chi connectivity index (χ1v) is 7.08. The summed E-state index contributed by atoms with van der Waals surface area (Å²) in [7, 11) is -4.35. The summed E-state index contributed by atoms with van der Waals surface area (Å²) in [5.74, 6) is 0. The molecule has 0 aromatic heterocycles. The Balaban J connectivity index is 2.98. The molecule has 0 aromatic carbocycles. The Morgan fingerprint density at radius 1 is 1.33 bits per heavy atom. The monoisotopic (exact) mass is 275 g/mol. The van der Waals surface area contributed by atoms with E-state index in [2.05, 4.69) is 0 Å². The van der Waals surface area contributed by atoms with Gasteiger partial charge in [-0.05, 0) is 19.8 Å². The van der Waals surface area contributed by atoms with Crippen molar-refractivity contribution in [2.24, 2.45) is 0 Å². The minimum Gasteiger partial charge on any atom is -0.273 e. The van der Waals surface area contributed by atoms with Crippen LogP contribution in [0.2, 0.25) is 0 Å². The van der Waals surface area contributed by atoms with Crippen LogP contribution >= 0.6 is 23.2 Å². The lowest BCUT2D eigenvalue weighted by atomic mass is 9.95. The molecule has 90 valence electrons. The third-order valence-corrected chi connectivity index (χ3v) is 4.72. The summed E-state index contributed by atoms with van der Waals surface area (Å²) in [5.41, 5.74) is -0.851. The van der Waals surface area contributed by atoms with Crippen LogP contribution in [0.5, 0.6) is 0 Å². The van der Waals surface area contributed by atoms with Crippen molar-refractivity contribution in [3.63, 3.8) is 0 Å². The van der Waals surface area contributed by atoms with Gasteiger partial charge in [-0.15, -0.1) is 27.5 Å². The van der Waals surface area contributed by atoms with Crippen molar-refractivity contribution in [2.75, 3.05) is 0 Å². The number of halogens is 2.